The summed E-state index contributed by atoms with van der Waals surface area (Å²) >= 11 is 0. The van der Waals surface area contributed by atoms with Crippen LogP contribution in [0, 0.1) is 5.92 Å². The summed E-state index contributed by atoms with van der Waals surface area (Å²) in [6.07, 6.45) is -0.121. The van der Waals surface area contributed by atoms with Gasteiger partial charge in [0.1, 0.15) is 5.75 Å². The molecule has 1 unspecified atom stereocenters. The zero-order chi connectivity index (χ0) is 17.2. The highest BCUT2D eigenvalue weighted by molar-refractivity contribution is 7.87. The Morgan fingerprint density at radius 2 is 1.86 bits per heavy atom. The van der Waals surface area contributed by atoms with E-state index in [0.29, 0.717) is 6.42 Å². The molecular weight excluding hydrogens is 321 g/mol. The van der Waals surface area contributed by atoms with Crippen molar-refractivity contribution in [1.82, 2.24) is 0 Å². The van der Waals surface area contributed by atoms with Crippen molar-refractivity contribution in [2.75, 3.05) is 5.75 Å². The summed E-state index contributed by atoms with van der Waals surface area (Å²) in [6, 6.07) is 0. The lowest BCUT2D eigenvalue weighted by molar-refractivity contribution is -0.138. The summed E-state index contributed by atoms with van der Waals surface area (Å²) in [7, 11) is -4.09. The first-order chi connectivity index (χ1) is 10.1. The molecule has 0 spiro atoms. The average Bonchev–Trinajstić information content (AvgIpc) is 2.36. The second-order valence-corrected chi connectivity index (χ2v) is 6.76. The van der Waals surface area contributed by atoms with E-state index >= 15 is 0 Å². The van der Waals surface area contributed by atoms with Crippen LogP contribution in [0.2, 0.25) is 0 Å². The molecule has 0 aromatic carbocycles. The summed E-state index contributed by atoms with van der Waals surface area (Å²) in [5.74, 6) is -1.95. The Morgan fingerprint density at radius 1 is 1.23 bits per heavy atom. The Morgan fingerprint density at radius 3 is 2.41 bits per heavy atom. The summed E-state index contributed by atoms with van der Waals surface area (Å²) in [5, 5.41) is 0. The highest BCUT2D eigenvalue weighted by Gasteiger charge is 2.25. The fraction of sp³-hybridized carbons (Fsp3) is 0.786. The van der Waals surface area contributed by atoms with E-state index in [1.807, 2.05) is 6.92 Å². The van der Waals surface area contributed by atoms with Crippen LogP contribution in [0.5, 0.6) is 0 Å². The fourth-order valence-electron chi connectivity index (χ4n) is 1.61. The number of allylic oxidation sites excluding steroid dienone is 1. The number of alkyl halides is 3. The fourth-order valence-corrected chi connectivity index (χ4v) is 2.46. The molecular formula is C14H23F3O4S. The van der Waals surface area contributed by atoms with Gasteiger partial charge < -0.3 is 4.18 Å². The number of hydrogen-bond acceptors (Lipinski definition) is 4. The topological polar surface area (TPSA) is 60.4 Å². The van der Waals surface area contributed by atoms with Gasteiger partial charge in [0.2, 0.25) is 0 Å². The normalized spacial score (nSPS) is 14.2. The van der Waals surface area contributed by atoms with Crippen molar-refractivity contribution in [3.05, 3.63) is 12.2 Å². The molecule has 0 aromatic heterocycles. The van der Waals surface area contributed by atoms with Crippen LogP contribution in [-0.2, 0) is 19.1 Å². The van der Waals surface area contributed by atoms with E-state index in [2.05, 4.69) is 4.18 Å². The number of carbonyl (C=O) groups excluding carboxylic acids is 1. The SMILES string of the molecule is CCCCCC(C)C(=O)OS(=O)(=O)CC=CCCC(F)(F)F. The van der Waals surface area contributed by atoms with E-state index in [9.17, 15) is 26.4 Å². The van der Waals surface area contributed by atoms with Gasteiger partial charge in [0.05, 0.1) is 5.92 Å². The van der Waals surface area contributed by atoms with E-state index in [1.165, 1.54) is 0 Å². The lowest BCUT2D eigenvalue weighted by atomic mass is 10.0. The maximum absolute atomic E-state index is 11.9. The van der Waals surface area contributed by atoms with Gasteiger partial charge in [0, 0.05) is 6.42 Å². The zero-order valence-electron chi connectivity index (χ0n) is 12.9. The third-order valence-electron chi connectivity index (χ3n) is 2.91. The minimum absolute atomic E-state index is 0.305. The number of unbranched alkanes of at least 4 members (excludes halogenated alkanes) is 2. The Labute approximate surface area is 129 Å². The first-order valence-electron chi connectivity index (χ1n) is 7.25. The predicted molar refractivity (Wildman–Crippen MR) is 77.6 cm³/mol. The van der Waals surface area contributed by atoms with Crippen LogP contribution in [0.25, 0.3) is 0 Å². The molecule has 0 saturated carbocycles. The lowest BCUT2D eigenvalue weighted by Crippen LogP contribution is -2.21. The van der Waals surface area contributed by atoms with Crippen LogP contribution >= 0.6 is 0 Å². The molecule has 130 valence electrons. The van der Waals surface area contributed by atoms with E-state index in [1.54, 1.807) is 6.92 Å². The van der Waals surface area contributed by atoms with Gasteiger partial charge in [-0.05, 0) is 12.8 Å². The van der Waals surface area contributed by atoms with Crippen LogP contribution in [0.15, 0.2) is 12.2 Å². The first kappa shape index (κ1) is 20.9. The largest absolute Gasteiger partial charge is 0.389 e. The number of halogens is 3. The van der Waals surface area contributed by atoms with Crippen molar-refractivity contribution in [1.29, 1.82) is 0 Å². The Balaban J connectivity index is 4.17. The Hall–Kier alpha value is -1.05. The van der Waals surface area contributed by atoms with Crippen molar-refractivity contribution < 1.29 is 30.6 Å². The third-order valence-corrected chi connectivity index (χ3v) is 3.93. The summed E-state index contributed by atoms with van der Waals surface area (Å²) in [6.45, 7) is 3.60. The summed E-state index contributed by atoms with van der Waals surface area (Å²) in [4.78, 5) is 11.6. The molecule has 1 atom stereocenters. The molecule has 0 heterocycles. The van der Waals surface area contributed by atoms with Crippen molar-refractivity contribution in [3.63, 3.8) is 0 Å². The molecule has 0 bridgehead atoms. The predicted octanol–water partition coefficient (Wildman–Crippen LogP) is 3.97. The molecule has 0 saturated heterocycles. The van der Waals surface area contributed by atoms with Gasteiger partial charge in [-0.2, -0.15) is 21.6 Å². The van der Waals surface area contributed by atoms with Crippen molar-refractivity contribution in [2.24, 2.45) is 5.92 Å². The Bertz CT molecular complexity index is 455. The number of hydrogen-bond donors (Lipinski definition) is 0. The van der Waals surface area contributed by atoms with Crippen LogP contribution in [-0.4, -0.2) is 26.3 Å². The molecule has 0 radical (unpaired) electrons. The third kappa shape index (κ3) is 11.6. The molecule has 0 N–H and O–H groups in total. The minimum atomic E-state index is -4.27. The van der Waals surface area contributed by atoms with Gasteiger partial charge in [-0.25, -0.2) is 0 Å². The maximum Gasteiger partial charge on any atom is 0.389 e. The standard InChI is InChI=1S/C14H23F3O4S/c1-3-4-6-9-12(2)13(18)21-22(19,20)11-8-5-7-10-14(15,16)17/h5,8,12H,3-4,6-7,9-11H2,1-2H3. The smallest absolute Gasteiger partial charge is 0.345 e. The zero-order valence-corrected chi connectivity index (χ0v) is 13.7. The van der Waals surface area contributed by atoms with Gasteiger partial charge in [-0.15, -0.1) is 0 Å². The summed E-state index contributed by atoms with van der Waals surface area (Å²) < 4.78 is 63.1. The van der Waals surface area contributed by atoms with Crippen molar-refractivity contribution >= 4 is 16.1 Å². The highest BCUT2D eigenvalue weighted by Crippen LogP contribution is 2.21. The van der Waals surface area contributed by atoms with Crippen molar-refractivity contribution in [2.45, 2.75) is 58.5 Å². The molecule has 0 aromatic rings. The number of rotatable bonds is 10. The van der Waals surface area contributed by atoms with Gasteiger partial charge in [-0.1, -0.05) is 45.3 Å². The van der Waals surface area contributed by atoms with E-state index in [4.69, 9.17) is 0 Å². The monoisotopic (exact) mass is 344 g/mol. The molecule has 0 aliphatic heterocycles. The van der Waals surface area contributed by atoms with Crippen LogP contribution in [0.3, 0.4) is 0 Å². The molecule has 22 heavy (non-hydrogen) atoms. The van der Waals surface area contributed by atoms with Crippen LogP contribution < -0.4 is 0 Å². The first-order valence-corrected chi connectivity index (χ1v) is 8.83. The second-order valence-electron chi connectivity index (χ2n) is 5.15. The van der Waals surface area contributed by atoms with Crippen LogP contribution in [0.4, 0.5) is 13.2 Å². The van der Waals surface area contributed by atoms with Gasteiger partial charge >= 0.3 is 22.3 Å². The second kappa shape index (κ2) is 9.86. The van der Waals surface area contributed by atoms with Gasteiger partial charge in [-0.3, -0.25) is 4.79 Å². The van der Waals surface area contributed by atoms with E-state index < -0.39 is 40.4 Å². The van der Waals surface area contributed by atoms with E-state index in [-0.39, 0.29) is 6.42 Å². The average molecular weight is 344 g/mol. The molecule has 0 aliphatic carbocycles. The Kier molecular flexibility index (Phi) is 9.39. The molecule has 0 fully saturated rings. The van der Waals surface area contributed by atoms with Gasteiger partial charge in [0.15, 0.2) is 0 Å². The lowest BCUT2D eigenvalue weighted by Gasteiger charge is -2.10. The quantitative estimate of drug-likeness (QED) is 0.342. The molecule has 0 rings (SSSR count). The van der Waals surface area contributed by atoms with Gasteiger partial charge in [0.25, 0.3) is 0 Å². The summed E-state index contributed by atoms with van der Waals surface area (Å²) in [5.41, 5.74) is 0. The number of carbonyl (C=O) groups is 1. The van der Waals surface area contributed by atoms with Crippen molar-refractivity contribution in [3.8, 4) is 0 Å². The van der Waals surface area contributed by atoms with E-state index in [0.717, 1.165) is 31.4 Å². The molecule has 0 amide bonds. The molecule has 8 heteroatoms. The molecule has 0 aliphatic rings. The maximum atomic E-state index is 11.9. The highest BCUT2D eigenvalue weighted by atomic mass is 32.2. The molecule has 4 nitrogen and oxygen atoms in total. The minimum Gasteiger partial charge on any atom is -0.345 e. The van der Waals surface area contributed by atoms with Crippen LogP contribution in [0.1, 0.15) is 52.4 Å².